The number of nitrogens with one attached hydrogen (secondary N) is 2. The molecular formula is C26H26FN3O4. The highest BCUT2D eigenvalue weighted by Gasteiger charge is 2.07. The molecule has 0 saturated carbocycles. The Hall–Kier alpha value is -4.20. The van der Waals surface area contributed by atoms with Crippen molar-refractivity contribution in [2.24, 2.45) is 5.10 Å². The number of ether oxygens (including phenoxy) is 1. The molecule has 176 valence electrons. The molecule has 3 aromatic carbocycles. The highest BCUT2D eigenvalue weighted by Crippen LogP contribution is 2.25. The van der Waals surface area contributed by atoms with E-state index in [1.807, 2.05) is 6.07 Å². The zero-order valence-corrected chi connectivity index (χ0v) is 18.5. The van der Waals surface area contributed by atoms with Crippen molar-refractivity contribution in [1.82, 2.24) is 5.43 Å². The van der Waals surface area contributed by atoms with Crippen LogP contribution in [0.15, 0.2) is 77.9 Å². The lowest BCUT2D eigenvalue weighted by atomic mass is 10.1. The second-order valence-electron chi connectivity index (χ2n) is 7.52. The summed E-state index contributed by atoms with van der Waals surface area (Å²) in [4.78, 5) is 23.9. The molecule has 3 rings (SSSR count). The van der Waals surface area contributed by atoms with Crippen LogP contribution in [0.3, 0.4) is 0 Å². The molecule has 3 N–H and O–H groups in total. The average Bonchev–Trinajstić information content (AvgIpc) is 2.83. The van der Waals surface area contributed by atoms with E-state index >= 15 is 0 Å². The number of benzene rings is 3. The molecule has 2 amide bonds. The number of anilines is 1. The second kappa shape index (κ2) is 12.7. The maximum Gasteiger partial charge on any atom is 0.240 e. The van der Waals surface area contributed by atoms with Crippen LogP contribution in [0.4, 0.5) is 10.1 Å². The number of para-hydroxylation sites is 3. The summed E-state index contributed by atoms with van der Waals surface area (Å²) in [6.45, 7) is 0. The summed E-state index contributed by atoms with van der Waals surface area (Å²) in [5, 5.41) is 16.2. The van der Waals surface area contributed by atoms with Gasteiger partial charge in [0.15, 0.2) is 11.6 Å². The van der Waals surface area contributed by atoms with Crippen molar-refractivity contribution in [3.63, 3.8) is 0 Å². The van der Waals surface area contributed by atoms with Gasteiger partial charge in [0.2, 0.25) is 11.8 Å². The van der Waals surface area contributed by atoms with Gasteiger partial charge in [0.05, 0.1) is 11.9 Å². The number of hydrogen-bond acceptors (Lipinski definition) is 5. The molecule has 8 heteroatoms. The molecule has 0 heterocycles. The minimum atomic E-state index is -0.501. The molecule has 0 aliphatic rings. The fourth-order valence-corrected chi connectivity index (χ4v) is 3.07. The fraction of sp³-hybridized carbons (Fsp3) is 0.192. The minimum absolute atomic E-state index is 0.0219. The third kappa shape index (κ3) is 8.05. The average molecular weight is 464 g/mol. The summed E-state index contributed by atoms with van der Waals surface area (Å²) < 4.78 is 19.6. The number of carbonyl (C=O) groups is 2. The lowest BCUT2D eigenvalue weighted by Gasteiger charge is -2.07. The summed E-state index contributed by atoms with van der Waals surface area (Å²) in [7, 11) is 0. The van der Waals surface area contributed by atoms with Crippen molar-refractivity contribution in [2.45, 2.75) is 32.1 Å². The molecule has 0 radical (unpaired) electrons. The van der Waals surface area contributed by atoms with Crippen LogP contribution in [0.5, 0.6) is 17.2 Å². The molecule has 0 aliphatic carbocycles. The summed E-state index contributed by atoms with van der Waals surface area (Å²) in [5.74, 6) is -0.344. The second-order valence-corrected chi connectivity index (χ2v) is 7.52. The number of carbonyl (C=O) groups excluding carboxylic acids is 2. The Morgan fingerprint density at radius 1 is 0.912 bits per heavy atom. The fourth-order valence-electron chi connectivity index (χ4n) is 3.07. The number of phenols is 1. The summed E-state index contributed by atoms with van der Waals surface area (Å²) in [6.07, 6.45) is 3.91. The number of unbranched alkanes of at least 4 members (excludes halogenated alkanes) is 2. The van der Waals surface area contributed by atoms with Gasteiger partial charge in [-0.1, -0.05) is 42.8 Å². The van der Waals surface area contributed by atoms with Gasteiger partial charge in [-0.05, 0) is 54.8 Å². The summed E-state index contributed by atoms with van der Waals surface area (Å²) in [6, 6.07) is 19.7. The van der Waals surface area contributed by atoms with Crippen molar-refractivity contribution in [2.75, 3.05) is 5.32 Å². The van der Waals surface area contributed by atoms with E-state index in [0.717, 1.165) is 0 Å². The van der Waals surface area contributed by atoms with Crippen molar-refractivity contribution in [3.05, 3.63) is 84.2 Å². The van der Waals surface area contributed by atoms with E-state index in [4.69, 9.17) is 4.74 Å². The van der Waals surface area contributed by atoms with Crippen molar-refractivity contribution >= 4 is 23.7 Å². The number of rotatable bonds is 11. The van der Waals surface area contributed by atoms with Gasteiger partial charge in [-0.15, -0.1) is 0 Å². The number of halogens is 1. The zero-order chi connectivity index (χ0) is 24.2. The number of aromatic hydroxyl groups is 1. The van der Waals surface area contributed by atoms with Crippen LogP contribution in [0.2, 0.25) is 0 Å². The third-order valence-corrected chi connectivity index (χ3v) is 4.81. The van der Waals surface area contributed by atoms with Gasteiger partial charge in [-0.25, -0.2) is 9.82 Å². The zero-order valence-electron chi connectivity index (χ0n) is 18.5. The quantitative estimate of drug-likeness (QED) is 0.154. The predicted octanol–water partition coefficient (Wildman–Crippen LogP) is 5.36. The van der Waals surface area contributed by atoms with Crippen LogP contribution in [-0.4, -0.2) is 23.1 Å². The maximum absolute atomic E-state index is 14.0. The van der Waals surface area contributed by atoms with Gasteiger partial charge in [-0.2, -0.15) is 5.10 Å². The van der Waals surface area contributed by atoms with E-state index in [1.165, 1.54) is 30.5 Å². The molecule has 0 atom stereocenters. The predicted molar refractivity (Wildman–Crippen MR) is 128 cm³/mol. The van der Waals surface area contributed by atoms with E-state index in [9.17, 15) is 19.1 Å². The van der Waals surface area contributed by atoms with Crippen LogP contribution in [0.25, 0.3) is 0 Å². The van der Waals surface area contributed by atoms with E-state index in [2.05, 4.69) is 15.8 Å². The molecule has 3 aromatic rings. The molecule has 0 bridgehead atoms. The molecule has 0 unspecified atom stereocenters. The first-order chi connectivity index (χ1) is 16.5. The molecule has 7 nitrogen and oxygen atoms in total. The Bertz CT molecular complexity index is 1140. The van der Waals surface area contributed by atoms with Crippen LogP contribution in [-0.2, 0) is 9.59 Å². The highest BCUT2D eigenvalue weighted by atomic mass is 19.1. The Morgan fingerprint density at radius 2 is 1.62 bits per heavy atom. The first kappa shape index (κ1) is 24.4. The number of phenolic OH excluding ortho intramolecular Hbond substituents is 1. The number of amides is 2. The minimum Gasteiger partial charge on any atom is -0.506 e. The van der Waals surface area contributed by atoms with Gasteiger partial charge in [0.25, 0.3) is 0 Å². The van der Waals surface area contributed by atoms with E-state index in [-0.39, 0.29) is 29.7 Å². The van der Waals surface area contributed by atoms with Gasteiger partial charge in [-0.3, -0.25) is 9.59 Å². The normalized spacial score (nSPS) is 10.7. The van der Waals surface area contributed by atoms with Crippen LogP contribution in [0, 0.1) is 5.82 Å². The van der Waals surface area contributed by atoms with Crippen LogP contribution < -0.4 is 15.5 Å². The lowest BCUT2D eigenvalue weighted by Crippen LogP contribution is -2.17. The number of hydrogen-bond donors (Lipinski definition) is 3. The SMILES string of the molecule is O=C(CCCCCC(=O)Nc1ccccc1O)NN=Cc1ccc(F)c(Oc2ccccc2)c1. The molecule has 0 fully saturated rings. The first-order valence-electron chi connectivity index (χ1n) is 10.9. The van der Waals surface area contributed by atoms with E-state index in [1.54, 1.807) is 42.5 Å². The van der Waals surface area contributed by atoms with Gasteiger partial charge < -0.3 is 15.2 Å². The van der Waals surface area contributed by atoms with Gasteiger partial charge in [0, 0.05) is 12.8 Å². The molecule has 34 heavy (non-hydrogen) atoms. The topological polar surface area (TPSA) is 100 Å². The lowest BCUT2D eigenvalue weighted by molar-refractivity contribution is -0.121. The molecule has 0 spiro atoms. The molecule has 0 saturated heterocycles. The van der Waals surface area contributed by atoms with Gasteiger partial charge >= 0.3 is 0 Å². The monoisotopic (exact) mass is 463 g/mol. The van der Waals surface area contributed by atoms with Crippen molar-refractivity contribution in [1.29, 1.82) is 0 Å². The van der Waals surface area contributed by atoms with Crippen LogP contribution in [0.1, 0.15) is 37.7 Å². The van der Waals surface area contributed by atoms with E-state index < -0.39 is 5.82 Å². The standard InChI is InChI=1S/C26H26FN3O4/c27-21-16-15-19(17-24(21)34-20-9-3-1-4-10-20)18-28-30-26(33)14-6-2-5-13-25(32)29-22-11-7-8-12-23(22)31/h1,3-4,7-12,15-18,31H,2,5-6,13-14H2,(H,29,32)(H,30,33). The van der Waals surface area contributed by atoms with Crippen LogP contribution >= 0.6 is 0 Å². The third-order valence-electron chi connectivity index (χ3n) is 4.81. The first-order valence-corrected chi connectivity index (χ1v) is 10.9. The van der Waals surface area contributed by atoms with E-state index in [0.29, 0.717) is 42.7 Å². The molecular weight excluding hydrogens is 437 g/mol. The smallest absolute Gasteiger partial charge is 0.240 e. The Labute approximate surface area is 197 Å². The van der Waals surface area contributed by atoms with Crippen molar-refractivity contribution in [3.8, 4) is 17.2 Å². The Morgan fingerprint density at radius 3 is 2.38 bits per heavy atom. The molecule has 0 aromatic heterocycles. The Balaban J connectivity index is 1.35. The Kier molecular flexibility index (Phi) is 9.16. The largest absolute Gasteiger partial charge is 0.506 e. The maximum atomic E-state index is 14.0. The van der Waals surface area contributed by atoms with Gasteiger partial charge in [0.1, 0.15) is 11.5 Å². The molecule has 0 aliphatic heterocycles. The van der Waals surface area contributed by atoms with Crippen molar-refractivity contribution < 1.29 is 23.8 Å². The number of hydrazone groups is 1. The highest BCUT2D eigenvalue weighted by molar-refractivity contribution is 5.92. The summed E-state index contributed by atoms with van der Waals surface area (Å²) >= 11 is 0. The number of nitrogens with zero attached hydrogens (tertiary/aromatic N) is 1. The summed E-state index contributed by atoms with van der Waals surface area (Å²) in [5.41, 5.74) is 3.39.